The Balaban J connectivity index is 1.53. The summed E-state index contributed by atoms with van der Waals surface area (Å²) in [6.45, 7) is 5.85. The minimum Gasteiger partial charge on any atom is -0.497 e. The van der Waals surface area contributed by atoms with Gasteiger partial charge in [-0.2, -0.15) is 4.31 Å². The highest BCUT2D eigenvalue weighted by molar-refractivity contribution is 7.89. The number of sulfonamides is 1. The van der Waals surface area contributed by atoms with Gasteiger partial charge in [0.2, 0.25) is 15.9 Å². The van der Waals surface area contributed by atoms with Crippen LogP contribution in [-0.2, 0) is 35.6 Å². The average Bonchev–Trinajstić information content (AvgIpc) is 3.08. The van der Waals surface area contributed by atoms with Gasteiger partial charge in [0, 0.05) is 32.8 Å². The Kier molecular flexibility index (Phi) is 13.0. The second-order valence-electron chi connectivity index (χ2n) is 11.0. The molecule has 0 bridgehead atoms. The molecule has 1 N–H and O–H groups in total. The first-order valence-electron chi connectivity index (χ1n) is 15.4. The highest BCUT2D eigenvalue weighted by Gasteiger charge is 2.32. The van der Waals surface area contributed by atoms with Crippen LogP contribution in [-0.4, -0.2) is 88.7 Å². The Morgan fingerprint density at radius 1 is 0.935 bits per heavy atom. The van der Waals surface area contributed by atoms with Crippen molar-refractivity contribution in [3.05, 3.63) is 90.0 Å². The minimum atomic E-state index is -3.67. The van der Waals surface area contributed by atoms with Crippen LogP contribution in [0.4, 0.5) is 0 Å². The van der Waals surface area contributed by atoms with E-state index in [0.29, 0.717) is 62.9 Å². The second-order valence-corrected chi connectivity index (χ2v) is 13.0. The number of rotatable bonds is 16. The van der Waals surface area contributed by atoms with E-state index < -0.39 is 22.0 Å². The van der Waals surface area contributed by atoms with E-state index in [2.05, 4.69) is 5.32 Å². The Hall–Kier alpha value is -3.97. The topological polar surface area (TPSA) is 124 Å². The highest BCUT2D eigenvalue weighted by atomic mass is 32.2. The number of hydrogen-bond donors (Lipinski definition) is 1. The Labute approximate surface area is 271 Å². The third-order valence-electron chi connectivity index (χ3n) is 7.37. The molecule has 1 heterocycles. The van der Waals surface area contributed by atoms with Crippen molar-refractivity contribution in [2.24, 2.45) is 0 Å². The first kappa shape index (κ1) is 34.9. The predicted octanol–water partition coefficient (Wildman–Crippen LogP) is 3.80. The predicted molar refractivity (Wildman–Crippen MR) is 173 cm³/mol. The molecule has 1 aliphatic rings. The fourth-order valence-corrected chi connectivity index (χ4v) is 6.34. The molecule has 1 unspecified atom stereocenters. The molecule has 2 amide bonds. The third-order valence-corrected chi connectivity index (χ3v) is 9.29. The van der Waals surface area contributed by atoms with Gasteiger partial charge in [0.05, 0.1) is 31.3 Å². The van der Waals surface area contributed by atoms with Crippen molar-refractivity contribution < 1.29 is 37.0 Å². The number of nitrogens with one attached hydrogen (secondary N) is 1. The van der Waals surface area contributed by atoms with Crippen molar-refractivity contribution in [3.63, 3.8) is 0 Å². The van der Waals surface area contributed by atoms with E-state index in [0.717, 1.165) is 5.56 Å². The molecule has 1 saturated heterocycles. The van der Waals surface area contributed by atoms with Gasteiger partial charge in [-0.3, -0.25) is 9.59 Å². The van der Waals surface area contributed by atoms with Crippen LogP contribution in [0.3, 0.4) is 0 Å². The van der Waals surface area contributed by atoms with Crippen molar-refractivity contribution in [3.8, 4) is 11.5 Å². The number of carbonyl (C=O) groups is 2. The summed E-state index contributed by atoms with van der Waals surface area (Å²) in [6.07, 6.45) is 0.717. The molecule has 11 nitrogen and oxygen atoms in total. The summed E-state index contributed by atoms with van der Waals surface area (Å²) in [7, 11) is -2.09. The van der Waals surface area contributed by atoms with E-state index in [1.807, 2.05) is 56.3 Å². The Morgan fingerprint density at radius 2 is 1.59 bits per heavy atom. The lowest BCUT2D eigenvalue weighted by molar-refractivity contribution is -0.143. The summed E-state index contributed by atoms with van der Waals surface area (Å²) in [5.41, 5.74) is 1.45. The first-order valence-corrected chi connectivity index (χ1v) is 16.8. The number of ether oxygens (including phenoxy) is 4. The zero-order valence-corrected chi connectivity index (χ0v) is 27.4. The smallest absolute Gasteiger partial charge is 0.261 e. The van der Waals surface area contributed by atoms with Crippen LogP contribution in [0.5, 0.6) is 11.5 Å². The van der Waals surface area contributed by atoms with Crippen molar-refractivity contribution in [2.75, 3.05) is 53.2 Å². The molecule has 248 valence electrons. The lowest BCUT2D eigenvalue weighted by Gasteiger charge is -2.31. The van der Waals surface area contributed by atoms with Crippen LogP contribution < -0.4 is 14.8 Å². The van der Waals surface area contributed by atoms with Gasteiger partial charge >= 0.3 is 0 Å². The molecular formula is C34H43N3O8S. The molecular weight excluding hydrogens is 610 g/mol. The lowest BCUT2D eigenvalue weighted by Crippen LogP contribution is -2.45. The van der Waals surface area contributed by atoms with Gasteiger partial charge in [-0.15, -0.1) is 0 Å². The summed E-state index contributed by atoms with van der Waals surface area (Å²) in [5.74, 6) is 0.248. The van der Waals surface area contributed by atoms with Crippen LogP contribution in [0.2, 0.25) is 0 Å². The van der Waals surface area contributed by atoms with E-state index in [1.165, 1.54) is 33.5 Å². The molecule has 12 heteroatoms. The van der Waals surface area contributed by atoms with Crippen LogP contribution in [0.25, 0.3) is 0 Å². The maximum atomic E-state index is 13.9. The zero-order chi connectivity index (χ0) is 32.9. The third kappa shape index (κ3) is 9.76. The number of carbonyl (C=O) groups excluding carboxylic acids is 2. The van der Waals surface area contributed by atoms with Crippen molar-refractivity contribution in [1.82, 2.24) is 14.5 Å². The molecule has 0 aromatic heterocycles. The van der Waals surface area contributed by atoms with Crippen LogP contribution in [0.15, 0.2) is 83.8 Å². The molecule has 0 spiro atoms. The fraction of sp³-hybridized carbons (Fsp3) is 0.412. The monoisotopic (exact) mass is 653 g/mol. The van der Waals surface area contributed by atoms with Gasteiger partial charge in [-0.05, 0) is 67.8 Å². The largest absolute Gasteiger partial charge is 0.497 e. The van der Waals surface area contributed by atoms with Crippen LogP contribution >= 0.6 is 0 Å². The quantitative estimate of drug-likeness (QED) is 0.232. The number of amides is 2. The summed E-state index contributed by atoms with van der Waals surface area (Å²) in [4.78, 5) is 29.3. The summed E-state index contributed by atoms with van der Waals surface area (Å²) >= 11 is 0. The van der Waals surface area contributed by atoms with Crippen molar-refractivity contribution >= 4 is 21.8 Å². The number of hydrogen-bond acceptors (Lipinski definition) is 8. The lowest BCUT2D eigenvalue weighted by atomic mass is 10.0. The number of nitrogens with zero attached hydrogens (tertiary/aromatic N) is 2. The maximum absolute atomic E-state index is 13.9. The summed E-state index contributed by atoms with van der Waals surface area (Å²) in [6, 6.07) is 21.4. The SMILES string of the molecule is COc1ccc(CN(C(=O)COc2ccc(S(=O)(=O)N3CCOCC3)cc2)C(C(=O)NCCCOC(C)C)c2ccccc2)cc1. The Morgan fingerprint density at radius 3 is 2.22 bits per heavy atom. The van der Waals surface area contributed by atoms with Gasteiger partial charge in [0.15, 0.2) is 6.61 Å². The van der Waals surface area contributed by atoms with Crippen molar-refractivity contribution in [1.29, 1.82) is 0 Å². The van der Waals surface area contributed by atoms with Gasteiger partial charge in [-0.1, -0.05) is 42.5 Å². The number of methoxy groups -OCH3 is 1. The summed E-state index contributed by atoms with van der Waals surface area (Å²) < 4.78 is 49.4. The molecule has 0 saturated carbocycles. The van der Waals surface area contributed by atoms with E-state index in [1.54, 1.807) is 19.2 Å². The molecule has 0 aliphatic carbocycles. The van der Waals surface area contributed by atoms with E-state index in [-0.39, 0.29) is 30.1 Å². The molecule has 3 aromatic rings. The first-order chi connectivity index (χ1) is 22.2. The highest BCUT2D eigenvalue weighted by Crippen LogP contribution is 2.26. The number of benzene rings is 3. The Bertz CT molecular complexity index is 1490. The molecule has 46 heavy (non-hydrogen) atoms. The number of morpholine rings is 1. The molecule has 4 rings (SSSR count). The van der Waals surface area contributed by atoms with E-state index in [4.69, 9.17) is 18.9 Å². The van der Waals surface area contributed by atoms with E-state index >= 15 is 0 Å². The summed E-state index contributed by atoms with van der Waals surface area (Å²) in [5, 5.41) is 2.97. The normalized spacial score (nSPS) is 14.4. The standard InChI is InChI=1S/C34H43N3O8S/c1-26(2)44-21-7-18-35-34(39)33(28-8-5-4-6-9-28)37(24-27-10-12-29(42-3)13-11-27)32(38)25-45-30-14-16-31(17-15-30)46(40,41)36-19-22-43-23-20-36/h4-6,8-17,26,33H,7,18-25H2,1-3H3,(H,35,39). The molecule has 3 aromatic carbocycles. The maximum Gasteiger partial charge on any atom is 0.261 e. The van der Waals surface area contributed by atoms with Gasteiger partial charge in [0.1, 0.15) is 17.5 Å². The van der Waals surface area contributed by atoms with Gasteiger partial charge in [0.25, 0.3) is 5.91 Å². The van der Waals surface area contributed by atoms with Gasteiger partial charge in [-0.25, -0.2) is 8.42 Å². The zero-order valence-electron chi connectivity index (χ0n) is 26.6. The van der Waals surface area contributed by atoms with Crippen LogP contribution in [0.1, 0.15) is 37.4 Å². The molecule has 0 radical (unpaired) electrons. The molecule has 1 atom stereocenters. The van der Waals surface area contributed by atoms with Crippen LogP contribution in [0, 0.1) is 0 Å². The minimum absolute atomic E-state index is 0.0933. The van der Waals surface area contributed by atoms with E-state index in [9.17, 15) is 18.0 Å². The second kappa shape index (κ2) is 17.1. The fourth-order valence-electron chi connectivity index (χ4n) is 4.93. The molecule has 1 fully saturated rings. The average molecular weight is 654 g/mol. The molecule has 1 aliphatic heterocycles. The van der Waals surface area contributed by atoms with Gasteiger partial charge < -0.3 is 29.2 Å². The van der Waals surface area contributed by atoms with Crippen molar-refractivity contribution in [2.45, 2.75) is 43.9 Å².